The Balaban J connectivity index is 2.14. The summed E-state index contributed by atoms with van der Waals surface area (Å²) in [6.45, 7) is 3.93. The van der Waals surface area contributed by atoms with Gasteiger partial charge < -0.3 is 9.47 Å². The highest BCUT2D eigenvalue weighted by atomic mass is 16.6. The van der Waals surface area contributed by atoms with Gasteiger partial charge in [0, 0.05) is 12.0 Å². The summed E-state index contributed by atoms with van der Waals surface area (Å²) < 4.78 is 10.3. The second kappa shape index (κ2) is 11.0. The first-order chi connectivity index (χ1) is 13.5. The molecular formula is C23H26O5. The SMILES string of the molecule is CCCCc1ccc(C(=O)OC(C(=O)OC(=O)CCC)c2ccccc2)cc1. The van der Waals surface area contributed by atoms with Crippen molar-refractivity contribution in [1.29, 1.82) is 0 Å². The van der Waals surface area contributed by atoms with Crippen molar-refractivity contribution in [2.45, 2.75) is 52.1 Å². The minimum atomic E-state index is -1.30. The maximum atomic E-state index is 12.6. The number of ether oxygens (including phenoxy) is 2. The van der Waals surface area contributed by atoms with Crippen LogP contribution in [0, 0.1) is 0 Å². The number of aryl methyl sites for hydroxylation is 1. The zero-order valence-corrected chi connectivity index (χ0v) is 16.4. The third-order valence-electron chi connectivity index (χ3n) is 4.22. The summed E-state index contributed by atoms with van der Waals surface area (Å²) in [6.07, 6.45) is 2.52. The highest BCUT2D eigenvalue weighted by Crippen LogP contribution is 2.22. The van der Waals surface area contributed by atoms with Crippen LogP contribution >= 0.6 is 0 Å². The molecule has 0 fully saturated rings. The molecule has 0 aliphatic carbocycles. The van der Waals surface area contributed by atoms with Gasteiger partial charge in [-0.2, -0.15) is 0 Å². The van der Waals surface area contributed by atoms with E-state index >= 15 is 0 Å². The number of rotatable bonds is 9. The fraction of sp³-hybridized carbons (Fsp3) is 0.348. The summed E-state index contributed by atoms with van der Waals surface area (Å²) in [7, 11) is 0. The average Bonchev–Trinajstić information content (AvgIpc) is 2.71. The number of carbonyl (C=O) groups is 3. The Morgan fingerprint density at radius 1 is 0.893 bits per heavy atom. The van der Waals surface area contributed by atoms with Gasteiger partial charge in [0.1, 0.15) is 0 Å². The number of carbonyl (C=O) groups excluding carboxylic acids is 3. The van der Waals surface area contributed by atoms with E-state index in [1.807, 2.05) is 19.1 Å². The summed E-state index contributed by atoms with van der Waals surface area (Å²) in [5.41, 5.74) is 1.93. The quantitative estimate of drug-likeness (QED) is 0.460. The van der Waals surface area contributed by atoms with E-state index < -0.39 is 24.0 Å². The molecule has 5 nitrogen and oxygen atoms in total. The standard InChI is InChI=1S/C23H26O5/c1-3-5-10-17-13-15-19(16-14-17)22(25)28-21(18-11-7-6-8-12-18)23(26)27-20(24)9-4-2/h6-8,11-16,21H,3-5,9-10H2,1-2H3. The summed E-state index contributed by atoms with van der Waals surface area (Å²) in [6, 6.07) is 15.7. The molecule has 1 atom stereocenters. The fourth-order valence-electron chi connectivity index (χ4n) is 2.66. The molecule has 2 aromatic carbocycles. The second-order valence-electron chi connectivity index (χ2n) is 6.54. The van der Waals surface area contributed by atoms with Crippen molar-refractivity contribution in [3.8, 4) is 0 Å². The predicted molar refractivity (Wildman–Crippen MR) is 106 cm³/mol. The Kier molecular flexibility index (Phi) is 8.40. The molecule has 148 valence electrons. The van der Waals surface area contributed by atoms with E-state index in [0.29, 0.717) is 17.5 Å². The molecule has 0 radical (unpaired) electrons. The Bertz CT molecular complexity index is 780. The van der Waals surface area contributed by atoms with Crippen LogP contribution in [-0.2, 0) is 25.5 Å². The molecule has 0 saturated carbocycles. The van der Waals surface area contributed by atoms with Gasteiger partial charge in [-0.15, -0.1) is 0 Å². The summed E-state index contributed by atoms with van der Waals surface area (Å²) in [4.78, 5) is 36.7. The van der Waals surface area contributed by atoms with Gasteiger partial charge >= 0.3 is 17.9 Å². The van der Waals surface area contributed by atoms with E-state index in [1.54, 1.807) is 42.5 Å². The van der Waals surface area contributed by atoms with Crippen molar-refractivity contribution >= 4 is 17.9 Å². The molecule has 0 heterocycles. The third kappa shape index (κ3) is 6.34. The van der Waals surface area contributed by atoms with E-state index in [0.717, 1.165) is 24.8 Å². The van der Waals surface area contributed by atoms with E-state index in [4.69, 9.17) is 9.47 Å². The van der Waals surface area contributed by atoms with Crippen LogP contribution in [0.3, 0.4) is 0 Å². The van der Waals surface area contributed by atoms with E-state index in [1.165, 1.54) is 0 Å². The molecule has 0 saturated heterocycles. The van der Waals surface area contributed by atoms with Crippen LogP contribution < -0.4 is 0 Å². The molecule has 0 N–H and O–H groups in total. The van der Waals surface area contributed by atoms with Crippen molar-refractivity contribution < 1.29 is 23.9 Å². The number of unbranched alkanes of at least 4 members (excludes halogenated alkanes) is 1. The normalized spacial score (nSPS) is 11.5. The largest absolute Gasteiger partial charge is 0.442 e. The predicted octanol–water partition coefficient (Wildman–Crippen LogP) is 4.80. The Hall–Kier alpha value is -2.95. The van der Waals surface area contributed by atoms with Crippen molar-refractivity contribution in [3.05, 3.63) is 71.3 Å². The van der Waals surface area contributed by atoms with Gasteiger partial charge in [-0.25, -0.2) is 9.59 Å². The topological polar surface area (TPSA) is 69.7 Å². The van der Waals surface area contributed by atoms with Crippen LogP contribution in [0.2, 0.25) is 0 Å². The zero-order chi connectivity index (χ0) is 20.4. The van der Waals surface area contributed by atoms with E-state index in [2.05, 4.69) is 6.92 Å². The number of hydrogen-bond acceptors (Lipinski definition) is 5. The van der Waals surface area contributed by atoms with E-state index in [9.17, 15) is 14.4 Å². The maximum absolute atomic E-state index is 12.6. The van der Waals surface area contributed by atoms with Gasteiger partial charge in [-0.05, 0) is 37.0 Å². The molecule has 28 heavy (non-hydrogen) atoms. The molecule has 0 aliphatic heterocycles. The number of hydrogen-bond donors (Lipinski definition) is 0. The highest BCUT2D eigenvalue weighted by molar-refractivity contribution is 5.94. The molecule has 1 unspecified atom stereocenters. The smallest absolute Gasteiger partial charge is 0.359 e. The first kappa shape index (κ1) is 21.4. The third-order valence-corrected chi connectivity index (χ3v) is 4.22. The van der Waals surface area contributed by atoms with E-state index in [-0.39, 0.29) is 6.42 Å². The molecule has 0 spiro atoms. The molecule has 0 amide bonds. The van der Waals surface area contributed by atoms with Crippen LogP contribution in [0.15, 0.2) is 54.6 Å². The van der Waals surface area contributed by atoms with Crippen LogP contribution in [-0.4, -0.2) is 17.9 Å². The van der Waals surface area contributed by atoms with Gasteiger partial charge in [0.15, 0.2) is 0 Å². The van der Waals surface area contributed by atoms with Crippen molar-refractivity contribution in [3.63, 3.8) is 0 Å². The monoisotopic (exact) mass is 382 g/mol. The maximum Gasteiger partial charge on any atom is 0.359 e. The number of benzene rings is 2. The summed E-state index contributed by atoms with van der Waals surface area (Å²) in [5.74, 6) is -2.17. The molecule has 0 bridgehead atoms. The van der Waals surface area contributed by atoms with Gasteiger partial charge in [0.05, 0.1) is 5.56 Å². The fourth-order valence-corrected chi connectivity index (χ4v) is 2.66. The lowest BCUT2D eigenvalue weighted by Crippen LogP contribution is -2.24. The Morgan fingerprint density at radius 2 is 1.57 bits per heavy atom. The minimum Gasteiger partial charge on any atom is -0.442 e. The second-order valence-corrected chi connectivity index (χ2v) is 6.54. The van der Waals surface area contributed by atoms with Crippen molar-refractivity contribution in [1.82, 2.24) is 0 Å². The average molecular weight is 382 g/mol. The van der Waals surface area contributed by atoms with Gasteiger partial charge in [-0.1, -0.05) is 62.7 Å². The Labute approximate surface area is 165 Å². The molecule has 0 aromatic heterocycles. The van der Waals surface area contributed by atoms with Gasteiger partial charge in [0.2, 0.25) is 6.10 Å². The molecular weight excluding hydrogens is 356 g/mol. The first-order valence-electron chi connectivity index (χ1n) is 9.64. The molecule has 2 aromatic rings. The van der Waals surface area contributed by atoms with Crippen LogP contribution in [0.25, 0.3) is 0 Å². The summed E-state index contributed by atoms with van der Waals surface area (Å²) >= 11 is 0. The molecule has 2 rings (SSSR count). The summed E-state index contributed by atoms with van der Waals surface area (Å²) in [5, 5.41) is 0. The van der Waals surface area contributed by atoms with Gasteiger partial charge in [-0.3, -0.25) is 4.79 Å². The van der Waals surface area contributed by atoms with Crippen molar-refractivity contribution in [2.75, 3.05) is 0 Å². The van der Waals surface area contributed by atoms with Crippen LogP contribution in [0.1, 0.15) is 67.1 Å². The molecule has 0 aliphatic rings. The zero-order valence-electron chi connectivity index (χ0n) is 16.4. The Morgan fingerprint density at radius 3 is 2.18 bits per heavy atom. The lowest BCUT2D eigenvalue weighted by atomic mass is 10.1. The number of esters is 3. The first-order valence-corrected chi connectivity index (χ1v) is 9.64. The lowest BCUT2D eigenvalue weighted by Gasteiger charge is -2.16. The molecule has 5 heteroatoms. The van der Waals surface area contributed by atoms with Gasteiger partial charge in [0.25, 0.3) is 0 Å². The minimum absolute atomic E-state index is 0.125. The highest BCUT2D eigenvalue weighted by Gasteiger charge is 2.28. The lowest BCUT2D eigenvalue weighted by molar-refractivity contribution is -0.166. The van der Waals surface area contributed by atoms with Crippen molar-refractivity contribution in [2.24, 2.45) is 0 Å². The van der Waals surface area contributed by atoms with Crippen LogP contribution in [0.5, 0.6) is 0 Å². The van der Waals surface area contributed by atoms with Crippen LogP contribution in [0.4, 0.5) is 0 Å².